The highest BCUT2D eigenvalue weighted by molar-refractivity contribution is 9.10. The molecule has 4 rings (SSSR count). The van der Waals surface area contributed by atoms with Crippen molar-refractivity contribution in [2.24, 2.45) is 21.9 Å². The maximum Gasteiger partial charge on any atom is 0.352 e. The average Bonchev–Trinajstić information content (AvgIpc) is 3.15. The van der Waals surface area contributed by atoms with E-state index in [0.29, 0.717) is 55.6 Å². The second kappa shape index (κ2) is 21.1. The van der Waals surface area contributed by atoms with Crippen molar-refractivity contribution in [2.75, 3.05) is 5.32 Å². The topological polar surface area (TPSA) is 140 Å². The standard InChI is InChI=1S/C40H38Br2Cl4N6O3/c1-4-29(37(23-6-10-25(41)11-7-23)50-33-16-14-27(43)20-31(33)45)35(47)39(53)52-49-19-18-22(3)55-40(54)36(48)30(5-2)38(24-8-12-26(42)13-9-24)51-34-17-15-28(44)21-32(34)46/h6-17,19-22,29-30,37,47-48,50H,4-5,18H2,1-3H3,(H,52,53)/b47-35?,48-36?,49-19-,51-38?. The van der Waals surface area contributed by atoms with E-state index >= 15 is 0 Å². The predicted octanol–water partition coefficient (Wildman–Crippen LogP) is 12.3. The summed E-state index contributed by atoms with van der Waals surface area (Å²) >= 11 is 32.0. The number of rotatable bonds is 17. The molecule has 0 bridgehead atoms. The molecule has 0 spiro atoms. The molecule has 4 N–H and O–H groups in total. The van der Waals surface area contributed by atoms with Gasteiger partial charge in [-0.1, -0.05) is 116 Å². The molecule has 288 valence electrons. The molecule has 0 aliphatic carbocycles. The molecule has 1 amide bonds. The van der Waals surface area contributed by atoms with Gasteiger partial charge in [0.05, 0.1) is 39.1 Å². The molecule has 15 heteroatoms. The number of aliphatic imine (C=N–C) groups is 1. The highest BCUT2D eigenvalue weighted by atomic mass is 79.9. The number of hydrogen-bond acceptors (Lipinski definition) is 8. The van der Waals surface area contributed by atoms with E-state index in [9.17, 15) is 9.59 Å². The molecule has 0 aliphatic heterocycles. The maximum atomic E-state index is 13.3. The Morgan fingerprint density at radius 1 is 0.818 bits per heavy atom. The van der Waals surface area contributed by atoms with Crippen molar-refractivity contribution in [3.05, 3.63) is 125 Å². The van der Waals surface area contributed by atoms with E-state index in [1.54, 1.807) is 43.3 Å². The van der Waals surface area contributed by atoms with E-state index in [-0.39, 0.29) is 17.8 Å². The van der Waals surface area contributed by atoms with Crippen LogP contribution in [0.4, 0.5) is 11.4 Å². The number of anilines is 1. The highest BCUT2D eigenvalue weighted by Crippen LogP contribution is 2.35. The summed E-state index contributed by atoms with van der Waals surface area (Å²) in [4.78, 5) is 31.3. The van der Waals surface area contributed by atoms with E-state index in [2.05, 4.69) is 47.7 Å². The van der Waals surface area contributed by atoms with Gasteiger partial charge in [0, 0.05) is 37.5 Å². The van der Waals surface area contributed by atoms with Crippen molar-refractivity contribution >= 4 is 125 Å². The fraction of sp³-hybridized carbons (Fsp3) is 0.250. The van der Waals surface area contributed by atoms with Gasteiger partial charge in [-0.25, -0.2) is 10.2 Å². The Kier molecular flexibility index (Phi) is 16.9. The second-order valence-electron chi connectivity index (χ2n) is 12.4. The van der Waals surface area contributed by atoms with Gasteiger partial charge in [-0.3, -0.25) is 20.6 Å². The third-order valence-electron chi connectivity index (χ3n) is 8.53. The summed E-state index contributed by atoms with van der Waals surface area (Å²) < 4.78 is 7.36. The molecule has 55 heavy (non-hydrogen) atoms. The number of carbonyl (C=O) groups is 2. The average molecular weight is 952 g/mol. The lowest BCUT2D eigenvalue weighted by atomic mass is 9.86. The van der Waals surface area contributed by atoms with E-state index < -0.39 is 35.9 Å². The molecule has 4 aromatic carbocycles. The van der Waals surface area contributed by atoms with Gasteiger partial charge in [-0.05, 0) is 91.6 Å². The molecule has 9 nitrogen and oxygen atoms in total. The number of ether oxygens (including phenoxy) is 1. The number of benzene rings is 4. The van der Waals surface area contributed by atoms with Gasteiger partial charge in [0.15, 0.2) is 0 Å². The summed E-state index contributed by atoms with van der Waals surface area (Å²) in [6.45, 7) is 5.40. The van der Waals surface area contributed by atoms with Gasteiger partial charge in [0.1, 0.15) is 17.5 Å². The molecule has 4 unspecified atom stereocenters. The molecular formula is C40H38Br2Cl4N6O3. The van der Waals surface area contributed by atoms with Crippen molar-refractivity contribution in [1.29, 1.82) is 10.8 Å². The smallest absolute Gasteiger partial charge is 0.352 e. The number of carbonyl (C=O) groups excluding carboxylic acids is 2. The van der Waals surface area contributed by atoms with Crippen LogP contribution in [-0.2, 0) is 14.3 Å². The second-order valence-corrected chi connectivity index (χ2v) is 15.9. The van der Waals surface area contributed by atoms with E-state index in [4.69, 9.17) is 67.0 Å². The summed E-state index contributed by atoms with van der Waals surface area (Å²) in [5, 5.41) is 26.8. The minimum atomic E-state index is -0.816. The van der Waals surface area contributed by atoms with Crippen LogP contribution >= 0.6 is 78.3 Å². The number of hydrogen-bond donors (Lipinski definition) is 4. The van der Waals surface area contributed by atoms with Crippen molar-refractivity contribution < 1.29 is 14.3 Å². The molecule has 0 saturated heterocycles. The van der Waals surface area contributed by atoms with Crippen LogP contribution < -0.4 is 10.7 Å². The zero-order valence-corrected chi connectivity index (χ0v) is 36.2. The molecule has 4 aromatic rings. The quantitative estimate of drug-likeness (QED) is 0.0475. The number of nitrogens with one attached hydrogen (secondary N) is 4. The molecule has 0 aromatic heterocycles. The van der Waals surface area contributed by atoms with Gasteiger partial charge >= 0.3 is 5.97 Å². The van der Waals surface area contributed by atoms with Gasteiger partial charge in [-0.15, -0.1) is 0 Å². The molecule has 0 fully saturated rings. The van der Waals surface area contributed by atoms with Crippen LogP contribution in [-0.4, -0.2) is 41.3 Å². The first kappa shape index (κ1) is 44.1. The maximum absolute atomic E-state index is 13.3. The predicted molar refractivity (Wildman–Crippen MR) is 234 cm³/mol. The lowest BCUT2D eigenvalue weighted by Gasteiger charge is -2.29. The van der Waals surface area contributed by atoms with Crippen LogP contribution in [0.3, 0.4) is 0 Å². The summed E-state index contributed by atoms with van der Waals surface area (Å²) in [6, 6.07) is 24.5. The van der Waals surface area contributed by atoms with Gasteiger partial charge in [0.2, 0.25) is 0 Å². The lowest BCUT2D eigenvalue weighted by molar-refractivity contribution is -0.139. The molecule has 0 heterocycles. The summed E-state index contributed by atoms with van der Waals surface area (Å²) in [7, 11) is 0. The van der Waals surface area contributed by atoms with Crippen LogP contribution in [0.2, 0.25) is 20.1 Å². The molecule has 4 atom stereocenters. The molecule has 0 saturated carbocycles. The number of halogens is 6. The normalized spacial score (nSPS) is 13.8. The largest absolute Gasteiger partial charge is 0.458 e. The monoisotopic (exact) mass is 948 g/mol. The third-order valence-corrected chi connectivity index (χ3v) is 10.7. The van der Waals surface area contributed by atoms with Gasteiger partial charge < -0.3 is 10.1 Å². The Balaban J connectivity index is 1.42. The van der Waals surface area contributed by atoms with Crippen molar-refractivity contribution in [2.45, 2.75) is 52.2 Å². The van der Waals surface area contributed by atoms with E-state index in [0.717, 1.165) is 14.5 Å². The number of nitrogens with zero attached hydrogens (tertiary/aromatic N) is 2. The van der Waals surface area contributed by atoms with Crippen molar-refractivity contribution in [3.63, 3.8) is 0 Å². The Bertz CT molecular complexity index is 2080. The van der Waals surface area contributed by atoms with Crippen LogP contribution in [0.25, 0.3) is 0 Å². The molecular weight excluding hydrogens is 914 g/mol. The van der Waals surface area contributed by atoms with E-state index in [1.807, 2.05) is 62.4 Å². The number of esters is 1. The van der Waals surface area contributed by atoms with Crippen molar-refractivity contribution in [3.8, 4) is 0 Å². The Morgan fingerprint density at radius 3 is 2.00 bits per heavy atom. The highest BCUT2D eigenvalue weighted by Gasteiger charge is 2.31. The number of amides is 1. The Labute approximate surface area is 357 Å². The Hall–Kier alpha value is -3.58. The minimum Gasteiger partial charge on any atom is -0.458 e. The van der Waals surface area contributed by atoms with Crippen LogP contribution in [0.15, 0.2) is 104 Å². The van der Waals surface area contributed by atoms with Crippen LogP contribution in [0.1, 0.15) is 57.2 Å². The first-order valence-corrected chi connectivity index (χ1v) is 20.3. The summed E-state index contributed by atoms with van der Waals surface area (Å²) in [5.41, 5.74) is 5.03. The summed E-state index contributed by atoms with van der Waals surface area (Å²) in [6.07, 6.45) is 1.66. The fourth-order valence-corrected chi connectivity index (χ4v) is 7.08. The molecule has 0 aliphatic rings. The number of hydrazone groups is 1. The third kappa shape index (κ3) is 12.5. The zero-order valence-electron chi connectivity index (χ0n) is 30.0. The van der Waals surface area contributed by atoms with Gasteiger partial charge in [-0.2, -0.15) is 5.10 Å². The Morgan fingerprint density at radius 2 is 1.42 bits per heavy atom. The summed E-state index contributed by atoms with van der Waals surface area (Å²) in [5.74, 6) is -2.79. The SMILES string of the molecule is CCC(C(=N)C(=O)OC(C)C/C=N\NC(=O)C(=N)C(CC)C(Nc1ccc(Cl)cc1Cl)c1ccc(Br)cc1)C(=Nc1ccc(Cl)cc1Cl)c1ccc(Br)cc1. The van der Waals surface area contributed by atoms with Crippen molar-refractivity contribution in [1.82, 2.24) is 5.43 Å². The lowest BCUT2D eigenvalue weighted by Crippen LogP contribution is -2.37. The van der Waals surface area contributed by atoms with Gasteiger partial charge in [0.25, 0.3) is 5.91 Å². The first-order valence-electron chi connectivity index (χ1n) is 17.2. The van der Waals surface area contributed by atoms with Crippen LogP contribution in [0, 0.1) is 22.7 Å². The minimum absolute atomic E-state index is 0.132. The van der Waals surface area contributed by atoms with E-state index in [1.165, 1.54) is 6.21 Å². The fourth-order valence-electron chi connectivity index (χ4n) is 5.64. The van der Waals surface area contributed by atoms with Crippen LogP contribution in [0.5, 0.6) is 0 Å². The first-order chi connectivity index (χ1) is 26.2. The zero-order chi connectivity index (χ0) is 40.2. The molecule has 0 radical (unpaired) electrons.